The third kappa shape index (κ3) is 3.55. The Morgan fingerprint density at radius 1 is 1.16 bits per heavy atom. The number of aryl methyl sites for hydroxylation is 2. The highest BCUT2D eigenvalue weighted by atomic mass is 32.2. The van der Waals surface area contributed by atoms with Gasteiger partial charge in [-0.1, -0.05) is 24.1 Å². The van der Waals surface area contributed by atoms with E-state index in [1.165, 1.54) is 0 Å². The van der Waals surface area contributed by atoms with Gasteiger partial charge in [0.25, 0.3) is 0 Å². The second-order valence-corrected chi connectivity index (χ2v) is 8.41. The average Bonchev–Trinajstić information content (AvgIpc) is 2.62. The number of piperidine rings is 1. The van der Waals surface area contributed by atoms with E-state index >= 15 is 0 Å². The molecule has 1 atom stereocenters. The summed E-state index contributed by atoms with van der Waals surface area (Å²) in [5.41, 5.74) is 3.00. The Labute approximate surface area is 149 Å². The molecule has 1 aromatic carbocycles. The molecule has 3 rings (SSSR count). The number of nitrogens with zero attached hydrogens (tertiary/aromatic N) is 2. The summed E-state index contributed by atoms with van der Waals surface area (Å²) in [6, 6.07) is 8.74. The molecule has 0 spiro atoms. The van der Waals surface area contributed by atoms with E-state index in [1.807, 2.05) is 32.0 Å². The molecule has 0 bridgehead atoms. The summed E-state index contributed by atoms with van der Waals surface area (Å²) in [5, 5.41) is 0. The van der Waals surface area contributed by atoms with Crippen LogP contribution in [0.15, 0.2) is 41.4 Å². The van der Waals surface area contributed by atoms with Crippen LogP contribution in [0, 0.1) is 13.8 Å². The number of aromatic nitrogens is 1. The summed E-state index contributed by atoms with van der Waals surface area (Å²) in [6.45, 7) is 4.46. The van der Waals surface area contributed by atoms with Crippen molar-refractivity contribution < 1.29 is 13.2 Å². The Bertz CT molecular complexity index is 847. The lowest BCUT2D eigenvalue weighted by molar-refractivity contribution is 0.254. The maximum Gasteiger partial charge on any atom is 0.243 e. The molecule has 1 saturated heterocycles. The van der Waals surface area contributed by atoms with Gasteiger partial charge in [0.2, 0.25) is 15.9 Å². The molecular weight excluding hydrogens is 336 g/mol. The summed E-state index contributed by atoms with van der Waals surface area (Å²) in [4.78, 5) is 4.64. The fourth-order valence-corrected chi connectivity index (χ4v) is 5.02. The number of pyridine rings is 1. The van der Waals surface area contributed by atoms with Crippen molar-refractivity contribution in [3.8, 4) is 5.88 Å². The van der Waals surface area contributed by atoms with Crippen LogP contribution < -0.4 is 4.74 Å². The van der Waals surface area contributed by atoms with Gasteiger partial charge in [0.1, 0.15) is 0 Å². The SMILES string of the molecule is COc1cc(C)c(C2CCCCN2S(=O)(=O)c2ccc(C)cc2)cn1. The van der Waals surface area contributed by atoms with E-state index in [-0.39, 0.29) is 6.04 Å². The van der Waals surface area contributed by atoms with Crippen LogP contribution in [-0.2, 0) is 10.0 Å². The van der Waals surface area contributed by atoms with Crippen LogP contribution in [0.5, 0.6) is 5.88 Å². The van der Waals surface area contributed by atoms with E-state index < -0.39 is 10.0 Å². The first-order valence-electron chi connectivity index (χ1n) is 8.52. The summed E-state index contributed by atoms with van der Waals surface area (Å²) in [7, 11) is -1.95. The van der Waals surface area contributed by atoms with Crippen LogP contribution in [0.3, 0.4) is 0 Å². The zero-order valence-corrected chi connectivity index (χ0v) is 15.7. The molecular formula is C19H24N2O3S. The molecule has 1 aliphatic heterocycles. The van der Waals surface area contributed by atoms with Crippen molar-refractivity contribution in [2.24, 2.45) is 0 Å². The first-order valence-corrected chi connectivity index (χ1v) is 9.96. The van der Waals surface area contributed by atoms with Crippen LogP contribution in [0.2, 0.25) is 0 Å². The molecule has 1 fully saturated rings. The molecule has 1 unspecified atom stereocenters. The summed E-state index contributed by atoms with van der Waals surface area (Å²) in [5.74, 6) is 0.546. The van der Waals surface area contributed by atoms with Crippen LogP contribution in [-0.4, -0.2) is 31.4 Å². The van der Waals surface area contributed by atoms with E-state index in [4.69, 9.17) is 4.74 Å². The standard InChI is InChI=1S/C19H24N2O3S/c1-14-7-9-16(10-8-14)25(22,23)21-11-5-4-6-18(21)17-13-20-19(24-3)12-15(17)2/h7-10,12-13,18H,4-6,11H2,1-3H3. The van der Waals surface area contributed by atoms with E-state index in [2.05, 4.69) is 4.98 Å². The van der Waals surface area contributed by atoms with Crippen LogP contribution >= 0.6 is 0 Å². The Morgan fingerprint density at radius 3 is 2.52 bits per heavy atom. The number of hydrogen-bond donors (Lipinski definition) is 0. The van der Waals surface area contributed by atoms with Crippen LogP contribution in [0.25, 0.3) is 0 Å². The lowest BCUT2D eigenvalue weighted by Crippen LogP contribution is -2.38. The molecule has 1 aromatic heterocycles. The molecule has 5 nitrogen and oxygen atoms in total. The maximum absolute atomic E-state index is 13.2. The minimum absolute atomic E-state index is 0.182. The van der Waals surface area contributed by atoms with Crippen molar-refractivity contribution in [2.75, 3.05) is 13.7 Å². The highest BCUT2D eigenvalue weighted by molar-refractivity contribution is 7.89. The van der Waals surface area contributed by atoms with Gasteiger partial charge >= 0.3 is 0 Å². The maximum atomic E-state index is 13.2. The molecule has 0 saturated carbocycles. The van der Waals surface area contributed by atoms with Gasteiger partial charge < -0.3 is 4.74 Å². The van der Waals surface area contributed by atoms with Crippen molar-refractivity contribution in [3.63, 3.8) is 0 Å². The van der Waals surface area contributed by atoms with E-state index in [1.54, 1.807) is 29.7 Å². The van der Waals surface area contributed by atoms with Crippen LogP contribution in [0.1, 0.15) is 42.0 Å². The number of methoxy groups -OCH3 is 1. The van der Waals surface area contributed by atoms with Gasteiger partial charge in [-0.25, -0.2) is 13.4 Å². The molecule has 0 aliphatic carbocycles. The summed E-state index contributed by atoms with van der Waals surface area (Å²) >= 11 is 0. The first kappa shape index (κ1) is 17.9. The molecule has 6 heteroatoms. The molecule has 0 radical (unpaired) electrons. The number of hydrogen-bond acceptors (Lipinski definition) is 4. The number of rotatable bonds is 4. The van der Waals surface area contributed by atoms with Gasteiger partial charge in [-0.05, 0) is 49.9 Å². The Balaban J connectivity index is 2.00. The average molecular weight is 360 g/mol. The second kappa shape index (κ2) is 7.14. The Morgan fingerprint density at radius 2 is 1.88 bits per heavy atom. The van der Waals surface area contributed by atoms with Gasteiger partial charge in [-0.3, -0.25) is 0 Å². The molecule has 2 heterocycles. The van der Waals surface area contributed by atoms with Crippen molar-refractivity contribution in [1.82, 2.24) is 9.29 Å². The predicted octanol–water partition coefficient (Wildman–Crippen LogP) is 3.62. The fourth-order valence-electron chi connectivity index (χ4n) is 3.35. The Kier molecular flexibility index (Phi) is 5.11. The number of benzene rings is 1. The first-order chi connectivity index (χ1) is 11.9. The lowest BCUT2D eigenvalue weighted by Gasteiger charge is -2.35. The smallest absolute Gasteiger partial charge is 0.243 e. The highest BCUT2D eigenvalue weighted by Crippen LogP contribution is 2.37. The zero-order chi connectivity index (χ0) is 18.0. The molecule has 2 aromatic rings. The Hall–Kier alpha value is -1.92. The summed E-state index contributed by atoms with van der Waals surface area (Å²) < 4.78 is 33.2. The van der Waals surface area contributed by atoms with Crippen molar-refractivity contribution in [3.05, 3.63) is 53.2 Å². The van der Waals surface area contributed by atoms with Gasteiger partial charge in [0.05, 0.1) is 18.0 Å². The summed E-state index contributed by atoms with van der Waals surface area (Å²) in [6.07, 6.45) is 4.45. The molecule has 0 N–H and O–H groups in total. The lowest BCUT2D eigenvalue weighted by atomic mass is 9.96. The largest absolute Gasteiger partial charge is 0.481 e. The quantitative estimate of drug-likeness (QED) is 0.835. The zero-order valence-electron chi connectivity index (χ0n) is 14.9. The monoisotopic (exact) mass is 360 g/mol. The molecule has 1 aliphatic rings. The van der Waals surface area contributed by atoms with Gasteiger partial charge in [-0.15, -0.1) is 0 Å². The number of sulfonamides is 1. The highest BCUT2D eigenvalue weighted by Gasteiger charge is 2.35. The topological polar surface area (TPSA) is 59.5 Å². The molecule has 0 amide bonds. The second-order valence-electron chi connectivity index (χ2n) is 6.52. The van der Waals surface area contributed by atoms with E-state index in [9.17, 15) is 8.42 Å². The fraction of sp³-hybridized carbons (Fsp3) is 0.421. The van der Waals surface area contributed by atoms with Gasteiger partial charge in [-0.2, -0.15) is 4.31 Å². The normalized spacial score (nSPS) is 18.9. The minimum atomic E-state index is -3.53. The van der Waals surface area contributed by atoms with E-state index in [0.29, 0.717) is 17.3 Å². The van der Waals surface area contributed by atoms with Crippen molar-refractivity contribution in [2.45, 2.75) is 44.0 Å². The van der Waals surface area contributed by atoms with Gasteiger partial charge in [0, 0.05) is 18.8 Å². The van der Waals surface area contributed by atoms with E-state index in [0.717, 1.165) is 36.0 Å². The molecule has 25 heavy (non-hydrogen) atoms. The minimum Gasteiger partial charge on any atom is -0.481 e. The van der Waals surface area contributed by atoms with Crippen molar-refractivity contribution in [1.29, 1.82) is 0 Å². The van der Waals surface area contributed by atoms with Crippen LogP contribution in [0.4, 0.5) is 0 Å². The predicted molar refractivity (Wildman–Crippen MR) is 97.2 cm³/mol. The number of ether oxygens (including phenoxy) is 1. The third-order valence-electron chi connectivity index (χ3n) is 4.78. The van der Waals surface area contributed by atoms with Crippen molar-refractivity contribution >= 4 is 10.0 Å². The van der Waals surface area contributed by atoms with Gasteiger partial charge in [0.15, 0.2) is 0 Å². The molecule has 134 valence electrons. The third-order valence-corrected chi connectivity index (χ3v) is 6.70.